The van der Waals surface area contributed by atoms with E-state index in [4.69, 9.17) is 9.47 Å². The summed E-state index contributed by atoms with van der Waals surface area (Å²) in [7, 11) is 0. The van der Waals surface area contributed by atoms with Crippen LogP contribution in [0.1, 0.15) is 48.7 Å². The number of nitrogens with zero attached hydrogens (tertiary/aromatic N) is 2. The molecule has 29 heavy (non-hydrogen) atoms. The van der Waals surface area contributed by atoms with Crippen molar-refractivity contribution in [3.8, 4) is 5.75 Å². The summed E-state index contributed by atoms with van der Waals surface area (Å²) in [5.41, 5.74) is 1.59. The van der Waals surface area contributed by atoms with E-state index in [2.05, 4.69) is 22.1 Å². The number of carbonyl (C=O) groups excluding carboxylic acids is 1. The number of aromatic nitrogens is 1. The van der Waals surface area contributed by atoms with Crippen LogP contribution in [0.3, 0.4) is 0 Å². The number of anilines is 1. The topological polar surface area (TPSA) is 63.7 Å². The third-order valence-corrected chi connectivity index (χ3v) is 6.40. The summed E-state index contributed by atoms with van der Waals surface area (Å²) in [6, 6.07) is 7.27. The summed E-state index contributed by atoms with van der Waals surface area (Å²) in [5.74, 6) is 1.34. The van der Waals surface area contributed by atoms with Crippen molar-refractivity contribution in [3.05, 3.63) is 40.9 Å². The number of likely N-dealkylation sites (tertiary alicyclic amines) is 1. The Morgan fingerprint density at radius 2 is 2.21 bits per heavy atom. The molecule has 1 aromatic heterocycles. The summed E-state index contributed by atoms with van der Waals surface area (Å²) < 4.78 is 11.4. The van der Waals surface area contributed by atoms with E-state index in [1.165, 1.54) is 24.2 Å². The molecule has 0 radical (unpaired) electrons. The van der Waals surface area contributed by atoms with Gasteiger partial charge in [-0.05, 0) is 62.9 Å². The minimum atomic E-state index is -0.166. The zero-order valence-corrected chi connectivity index (χ0v) is 17.7. The van der Waals surface area contributed by atoms with E-state index in [0.29, 0.717) is 23.1 Å². The van der Waals surface area contributed by atoms with Crippen LogP contribution >= 0.6 is 11.3 Å². The van der Waals surface area contributed by atoms with Gasteiger partial charge in [-0.2, -0.15) is 0 Å². The molecule has 3 heterocycles. The summed E-state index contributed by atoms with van der Waals surface area (Å²) >= 11 is 1.48. The third-order valence-electron chi connectivity index (χ3n) is 5.59. The van der Waals surface area contributed by atoms with Crippen LogP contribution < -0.4 is 10.1 Å². The summed E-state index contributed by atoms with van der Waals surface area (Å²) in [6.07, 6.45) is 4.77. The standard InChI is InChI=1S/C22H29N3O3S/c1-16-7-9-25(10-8-16)13-18-15-29-22(23-18)24-21(26)17-4-2-5-19(12-17)28-14-20-6-3-11-27-20/h2,4-5,12,15-16,20H,3,6-11,13-14H2,1H3,(H,23,24,26). The van der Waals surface area contributed by atoms with Gasteiger partial charge in [0.1, 0.15) is 12.4 Å². The molecule has 0 spiro atoms. The second-order valence-electron chi connectivity index (χ2n) is 8.03. The fourth-order valence-electron chi connectivity index (χ4n) is 3.75. The molecule has 2 aromatic rings. The van der Waals surface area contributed by atoms with Crippen LogP contribution in [0.25, 0.3) is 0 Å². The van der Waals surface area contributed by atoms with Gasteiger partial charge in [-0.1, -0.05) is 13.0 Å². The number of amides is 1. The van der Waals surface area contributed by atoms with Gasteiger partial charge in [-0.15, -0.1) is 11.3 Å². The molecule has 2 fully saturated rings. The lowest BCUT2D eigenvalue weighted by Gasteiger charge is -2.29. The third kappa shape index (κ3) is 5.78. The molecular formula is C22H29N3O3S. The first-order chi connectivity index (χ1) is 14.2. The van der Waals surface area contributed by atoms with E-state index >= 15 is 0 Å². The van der Waals surface area contributed by atoms with Crippen LogP contribution in [0.5, 0.6) is 5.75 Å². The number of hydrogen-bond donors (Lipinski definition) is 1. The van der Waals surface area contributed by atoms with Gasteiger partial charge >= 0.3 is 0 Å². The first kappa shape index (κ1) is 20.3. The van der Waals surface area contributed by atoms with Gasteiger partial charge in [-0.25, -0.2) is 4.98 Å². The van der Waals surface area contributed by atoms with Crippen LogP contribution in [-0.4, -0.2) is 48.2 Å². The number of piperidine rings is 1. The van der Waals surface area contributed by atoms with Crippen molar-refractivity contribution in [2.24, 2.45) is 5.92 Å². The molecule has 1 unspecified atom stereocenters. The predicted octanol–water partition coefficient (Wildman–Crippen LogP) is 4.19. The average molecular weight is 416 g/mol. The highest BCUT2D eigenvalue weighted by molar-refractivity contribution is 7.13. The zero-order valence-electron chi connectivity index (χ0n) is 16.9. The van der Waals surface area contributed by atoms with Gasteiger partial charge in [0.05, 0.1) is 11.8 Å². The van der Waals surface area contributed by atoms with Gasteiger partial charge in [-0.3, -0.25) is 15.0 Å². The summed E-state index contributed by atoms with van der Waals surface area (Å²) in [4.78, 5) is 19.7. The van der Waals surface area contributed by atoms with Gasteiger partial charge < -0.3 is 9.47 Å². The predicted molar refractivity (Wildman–Crippen MR) is 115 cm³/mol. The van der Waals surface area contributed by atoms with Gasteiger partial charge in [0, 0.05) is 24.1 Å². The van der Waals surface area contributed by atoms with E-state index in [0.717, 1.165) is 50.7 Å². The number of hydrogen-bond acceptors (Lipinski definition) is 6. The summed E-state index contributed by atoms with van der Waals surface area (Å²) in [5, 5.41) is 5.59. The molecule has 0 bridgehead atoms. The number of benzene rings is 1. The van der Waals surface area contributed by atoms with Crippen LogP contribution in [-0.2, 0) is 11.3 Å². The van der Waals surface area contributed by atoms with Crippen LogP contribution in [0.2, 0.25) is 0 Å². The second-order valence-corrected chi connectivity index (χ2v) is 8.89. The number of rotatable bonds is 7. The average Bonchev–Trinajstić information content (AvgIpc) is 3.40. The van der Waals surface area contributed by atoms with Crippen LogP contribution in [0.15, 0.2) is 29.6 Å². The van der Waals surface area contributed by atoms with Crippen LogP contribution in [0, 0.1) is 5.92 Å². The van der Waals surface area contributed by atoms with E-state index in [1.807, 2.05) is 17.5 Å². The summed E-state index contributed by atoms with van der Waals surface area (Å²) in [6.45, 7) is 6.75. The molecule has 0 aliphatic carbocycles. The molecule has 156 valence electrons. The van der Waals surface area contributed by atoms with E-state index in [-0.39, 0.29) is 12.0 Å². The van der Waals surface area contributed by atoms with Crippen molar-refractivity contribution >= 4 is 22.4 Å². The molecule has 4 rings (SSSR count). The molecule has 1 aromatic carbocycles. The lowest BCUT2D eigenvalue weighted by molar-refractivity contribution is 0.0679. The molecule has 2 aliphatic heterocycles. The maximum absolute atomic E-state index is 12.6. The number of carbonyl (C=O) groups is 1. The highest BCUT2D eigenvalue weighted by Gasteiger charge is 2.18. The smallest absolute Gasteiger partial charge is 0.257 e. The first-order valence-corrected chi connectivity index (χ1v) is 11.4. The molecule has 0 saturated carbocycles. The van der Waals surface area contributed by atoms with Crippen molar-refractivity contribution in [1.29, 1.82) is 0 Å². The Hall–Kier alpha value is -1.96. The minimum absolute atomic E-state index is 0.157. The Morgan fingerprint density at radius 3 is 3.00 bits per heavy atom. The van der Waals surface area contributed by atoms with Crippen molar-refractivity contribution in [2.45, 2.75) is 45.3 Å². The number of nitrogens with one attached hydrogen (secondary N) is 1. The van der Waals surface area contributed by atoms with E-state index in [9.17, 15) is 4.79 Å². The molecule has 2 saturated heterocycles. The Labute approximate surface area is 176 Å². The van der Waals surface area contributed by atoms with E-state index < -0.39 is 0 Å². The fourth-order valence-corrected chi connectivity index (χ4v) is 4.44. The van der Waals surface area contributed by atoms with Gasteiger partial charge in [0.2, 0.25) is 0 Å². The van der Waals surface area contributed by atoms with Gasteiger partial charge in [0.25, 0.3) is 5.91 Å². The fraction of sp³-hybridized carbons (Fsp3) is 0.545. The Morgan fingerprint density at radius 1 is 1.34 bits per heavy atom. The molecule has 7 heteroatoms. The van der Waals surface area contributed by atoms with Crippen molar-refractivity contribution in [2.75, 3.05) is 31.6 Å². The maximum atomic E-state index is 12.6. The largest absolute Gasteiger partial charge is 0.491 e. The van der Waals surface area contributed by atoms with Crippen molar-refractivity contribution in [3.63, 3.8) is 0 Å². The molecule has 1 amide bonds. The number of ether oxygens (including phenoxy) is 2. The molecule has 6 nitrogen and oxygen atoms in total. The molecule has 1 atom stereocenters. The van der Waals surface area contributed by atoms with Crippen molar-refractivity contribution < 1.29 is 14.3 Å². The zero-order chi connectivity index (χ0) is 20.1. The normalized spacial score (nSPS) is 20.7. The highest BCUT2D eigenvalue weighted by Crippen LogP contribution is 2.22. The van der Waals surface area contributed by atoms with E-state index in [1.54, 1.807) is 12.1 Å². The second kappa shape index (κ2) is 9.69. The highest BCUT2D eigenvalue weighted by atomic mass is 32.1. The Balaban J connectivity index is 1.30. The van der Waals surface area contributed by atoms with Crippen LogP contribution in [0.4, 0.5) is 5.13 Å². The maximum Gasteiger partial charge on any atom is 0.257 e. The first-order valence-electron chi connectivity index (χ1n) is 10.5. The molecule has 1 N–H and O–H groups in total. The number of thiazole rings is 1. The van der Waals surface area contributed by atoms with Gasteiger partial charge in [0.15, 0.2) is 5.13 Å². The molecular weight excluding hydrogens is 386 g/mol. The quantitative estimate of drug-likeness (QED) is 0.735. The Bertz CT molecular complexity index is 811. The monoisotopic (exact) mass is 415 g/mol. The molecule has 2 aliphatic rings. The SMILES string of the molecule is CC1CCN(Cc2csc(NC(=O)c3cccc(OCC4CCCO4)c3)n2)CC1. The Kier molecular flexibility index (Phi) is 6.79. The lowest BCUT2D eigenvalue weighted by atomic mass is 9.99. The lowest BCUT2D eigenvalue weighted by Crippen LogP contribution is -2.32. The van der Waals surface area contributed by atoms with Crippen molar-refractivity contribution in [1.82, 2.24) is 9.88 Å². The minimum Gasteiger partial charge on any atom is -0.491 e.